The van der Waals surface area contributed by atoms with E-state index in [2.05, 4.69) is 29.6 Å². The van der Waals surface area contributed by atoms with E-state index >= 15 is 0 Å². The summed E-state index contributed by atoms with van der Waals surface area (Å²) in [5.41, 5.74) is 6.44. The molecule has 0 radical (unpaired) electrons. The van der Waals surface area contributed by atoms with Gasteiger partial charge in [0.25, 0.3) is 5.91 Å². The standard InChI is InChI=1S/C19H19N3O/c1-3-14-8-10-15(11-9-14)13-20-21-19(23)18-12-16-6-4-5-7-17(16)22(18)2/h4-13H,3H2,1-2H3,(H,21,23)/b20-13+. The van der Waals surface area contributed by atoms with Gasteiger partial charge in [0.1, 0.15) is 5.69 Å². The second-order valence-electron chi connectivity index (χ2n) is 5.44. The number of benzene rings is 2. The molecule has 1 N–H and O–H groups in total. The van der Waals surface area contributed by atoms with Crippen LogP contribution in [0.2, 0.25) is 0 Å². The van der Waals surface area contributed by atoms with Crippen LogP contribution in [0.1, 0.15) is 28.5 Å². The van der Waals surface area contributed by atoms with Crippen LogP contribution in [0.5, 0.6) is 0 Å². The molecule has 0 saturated carbocycles. The molecule has 0 fully saturated rings. The fourth-order valence-electron chi connectivity index (χ4n) is 2.57. The molecule has 0 spiro atoms. The molecular formula is C19H19N3O. The number of rotatable bonds is 4. The van der Waals surface area contributed by atoms with Gasteiger partial charge < -0.3 is 4.57 Å². The van der Waals surface area contributed by atoms with Crippen molar-refractivity contribution in [3.63, 3.8) is 0 Å². The number of nitrogens with zero attached hydrogens (tertiary/aromatic N) is 2. The Kier molecular flexibility index (Phi) is 4.24. The van der Waals surface area contributed by atoms with E-state index in [0.717, 1.165) is 22.9 Å². The van der Waals surface area contributed by atoms with Crippen molar-refractivity contribution in [1.29, 1.82) is 0 Å². The molecule has 116 valence electrons. The Balaban J connectivity index is 1.72. The number of hydrogen-bond donors (Lipinski definition) is 1. The number of hydrogen-bond acceptors (Lipinski definition) is 2. The third kappa shape index (κ3) is 3.16. The topological polar surface area (TPSA) is 46.4 Å². The quantitative estimate of drug-likeness (QED) is 0.582. The van der Waals surface area contributed by atoms with E-state index in [4.69, 9.17) is 0 Å². The maximum absolute atomic E-state index is 12.3. The molecule has 1 aromatic heterocycles. The number of para-hydroxylation sites is 1. The van der Waals surface area contributed by atoms with Gasteiger partial charge in [-0.05, 0) is 29.7 Å². The first-order chi connectivity index (χ1) is 11.2. The number of carbonyl (C=O) groups excluding carboxylic acids is 1. The van der Waals surface area contributed by atoms with E-state index < -0.39 is 0 Å². The minimum absolute atomic E-state index is 0.217. The molecule has 0 atom stereocenters. The van der Waals surface area contributed by atoms with Crippen molar-refractivity contribution in [2.45, 2.75) is 13.3 Å². The van der Waals surface area contributed by atoms with Gasteiger partial charge in [0, 0.05) is 18.0 Å². The zero-order valence-corrected chi connectivity index (χ0v) is 13.3. The highest BCUT2D eigenvalue weighted by molar-refractivity contribution is 5.99. The molecule has 1 heterocycles. The van der Waals surface area contributed by atoms with Crippen molar-refractivity contribution in [2.24, 2.45) is 12.1 Å². The predicted molar refractivity (Wildman–Crippen MR) is 93.8 cm³/mol. The molecule has 0 bridgehead atoms. The van der Waals surface area contributed by atoms with Crippen LogP contribution in [0, 0.1) is 0 Å². The first kappa shape index (κ1) is 15.0. The number of aromatic nitrogens is 1. The molecule has 23 heavy (non-hydrogen) atoms. The van der Waals surface area contributed by atoms with Crippen LogP contribution in [-0.4, -0.2) is 16.7 Å². The minimum atomic E-state index is -0.217. The van der Waals surface area contributed by atoms with Gasteiger partial charge in [-0.1, -0.05) is 49.4 Å². The van der Waals surface area contributed by atoms with Gasteiger partial charge in [0.2, 0.25) is 0 Å². The number of nitrogens with one attached hydrogen (secondary N) is 1. The molecule has 4 heteroatoms. The molecular weight excluding hydrogens is 286 g/mol. The third-order valence-corrected chi connectivity index (χ3v) is 3.95. The SMILES string of the molecule is CCc1ccc(/C=N/NC(=O)c2cc3ccccc3n2C)cc1. The molecule has 3 aromatic rings. The van der Waals surface area contributed by atoms with Gasteiger partial charge in [0.15, 0.2) is 0 Å². The highest BCUT2D eigenvalue weighted by Crippen LogP contribution is 2.18. The smallest absolute Gasteiger partial charge is 0.287 e. The van der Waals surface area contributed by atoms with Crippen molar-refractivity contribution < 1.29 is 4.79 Å². The summed E-state index contributed by atoms with van der Waals surface area (Å²) < 4.78 is 1.87. The number of amides is 1. The predicted octanol–water partition coefficient (Wildman–Crippen LogP) is 3.50. The highest BCUT2D eigenvalue weighted by atomic mass is 16.2. The molecule has 0 aliphatic heterocycles. The zero-order chi connectivity index (χ0) is 16.2. The monoisotopic (exact) mass is 305 g/mol. The summed E-state index contributed by atoms with van der Waals surface area (Å²) in [6.45, 7) is 2.12. The van der Waals surface area contributed by atoms with Gasteiger partial charge >= 0.3 is 0 Å². The first-order valence-corrected chi connectivity index (χ1v) is 7.66. The molecule has 0 unspecified atom stereocenters. The second-order valence-corrected chi connectivity index (χ2v) is 5.44. The Morgan fingerprint density at radius 2 is 1.91 bits per heavy atom. The van der Waals surface area contributed by atoms with Gasteiger partial charge in [-0.2, -0.15) is 5.10 Å². The molecule has 1 amide bonds. The van der Waals surface area contributed by atoms with Crippen LogP contribution in [0.15, 0.2) is 59.7 Å². The van der Waals surface area contributed by atoms with E-state index in [1.165, 1.54) is 5.56 Å². The molecule has 0 saturated heterocycles. The summed E-state index contributed by atoms with van der Waals surface area (Å²) in [6.07, 6.45) is 2.66. The minimum Gasteiger partial charge on any atom is -0.340 e. The Labute approximate surface area is 135 Å². The van der Waals surface area contributed by atoms with Crippen molar-refractivity contribution in [3.05, 3.63) is 71.4 Å². The Morgan fingerprint density at radius 3 is 2.61 bits per heavy atom. The Morgan fingerprint density at radius 1 is 1.17 bits per heavy atom. The van der Waals surface area contributed by atoms with Crippen molar-refractivity contribution in [2.75, 3.05) is 0 Å². The molecule has 0 aliphatic rings. The molecule has 4 nitrogen and oxygen atoms in total. The zero-order valence-electron chi connectivity index (χ0n) is 13.3. The molecule has 3 rings (SSSR count). The van der Waals surface area contributed by atoms with Crippen molar-refractivity contribution in [1.82, 2.24) is 9.99 Å². The summed E-state index contributed by atoms with van der Waals surface area (Å²) in [6, 6.07) is 17.9. The number of aryl methyl sites for hydroxylation is 2. The lowest BCUT2D eigenvalue weighted by Gasteiger charge is -2.02. The normalized spacial score (nSPS) is 11.2. The summed E-state index contributed by atoms with van der Waals surface area (Å²) in [5, 5.41) is 5.09. The van der Waals surface area contributed by atoms with Crippen LogP contribution in [0.4, 0.5) is 0 Å². The highest BCUT2D eigenvalue weighted by Gasteiger charge is 2.11. The Hall–Kier alpha value is -2.88. The second kappa shape index (κ2) is 6.48. The maximum Gasteiger partial charge on any atom is 0.287 e. The van der Waals surface area contributed by atoms with E-state index in [0.29, 0.717) is 5.69 Å². The first-order valence-electron chi connectivity index (χ1n) is 7.66. The molecule has 2 aromatic carbocycles. The van der Waals surface area contributed by atoms with E-state index in [-0.39, 0.29) is 5.91 Å². The van der Waals surface area contributed by atoms with Crippen molar-refractivity contribution in [3.8, 4) is 0 Å². The number of fused-ring (bicyclic) bond motifs is 1. The van der Waals surface area contributed by atoms with Crippen LogP contribution in [0.25, 0.3) is 10.9 Å². The largest absolute Gasteiger partial charge is 0.340 e. The third-order valence-electron chi connectivity index (χ3n) is 3.95. The fraction of sp³-hybridized carbons (Fsp3) is 0.158. The lowest BCUT2D eigenvalue weighted by atomic mass is 10.1. The lowest BCUT2D eigenvalue weighted by Crippen LogP contribution is -2.20. The van der Waals surface area contributed by atoms with Crippen LogP contribution >= 0.6 is 0 Å². The van der Waals surface area contributed by atoms with Gasteiger partial charge in [0.05, 0.1) is 6.21 Å². The van der Waals surface area contributed by atoms with E-state index in [1.807, 2.05) is 54.1 Å². The average molecular weight is 305 g/mol. The Bertz CT molecular complexity index is 860. The summed E-state index contributed by atoms with van der Waals surface area (Å²) in [7, 11) is 1.88. The van der Waals surface area contributed by atoms with Crippen molar-refractivity contribution >= 4 is 23.0 Å². The van der Waals surface area contributed by atoms with Gasteiger partial charge in [-0.15, -0.1) is 0 Å². The number of carbonyl (C=O) groups is 1. The van der Waals surface area contributed by atoms with Gasteiger partial charge in [-0.25, -0.2) is 5.43 Å². The summed E-state index contributed by atoms with van der Waals surface area (Å²) >= 11 is 0. The van der Waals surface area contributed by atoms with Crippen LogP contribution in [-0.2, 0) is 13.5 Å². The lowest BCUT2D eigenvalue weighted by molar-refractivity contribution is 0.0947. The number of hydrazone groups is 1. The summed E-state index contributed by atoms with van der Waals surface area (Å²) in [4.78, 5) is 12.3. The van der Waals surface area contributed by atoms with E-state index in [1.54, 1.807) is 6.21 Å². The van der Waals surface area contributed by atoms with Crippen LogP contribution < -0.4 is 5.43 Å². The van der Waals surface area contributed by atoms with Gasteiger partial charge in [-0.3, -0.25) is 4.79 Å². The average Bonchev–Trinajstić information content (AvgIpc) is 2.93. The summed E-state index contributed by atoms with van der Waals surface area (Å²) in [5.74, 6) is -0.217. The fourth-order valence-corrected chi connectivity index (χ4v) is 2.57. The van der Waals surface area contributed by atoms with E-state index in [9.17, 15) is 4.79 Å². The molecule has 0 aliphatic carbocycles. The maximum atomic E-state index is 12.3. The van der Waals surface area contributed by atoms with Crippen LogP contribution in [0.3, 0.4) is 0 Å².